The van der Waals surface area contributed by atoms with Crippen molar-refractivity contribution in [2.75, 3.05) is 46.3 Å². The van der Waals surface area contributed by atoms with Crippen LogP contribution in [-0.4, -0.2) is 91.4 Å². The molecule has 0 aromatic heterocycles. The molecule has 0 spiro atoms. The van der Waals surface area contributed by atoms with Crippen LogP contribution in [0.5, 0.6) is 17.2 Å². The van der Waals surface area contributed by atoms with Gasteiger partial charge in [-0.2, -0.15) is 0 Å². The number of oxime groups is 1. The van der Waals surface area contributed by atoms with Crippen molar-refractivity contribution in [2.45, 2.75) is 114 Å². The molecule has 2 aliphatic carbocycles. The van der Waals surface area contributed by atoms with Gasteiger partial charge in [0.2, 0.25) is 12.1 Å². The maximum Gasteiger partial charge on any atom is 0.410 e. The van der Waals surface area contributed by atoms with Gasteiger partial charge in [0.25, 0.3) is 0 Å². The number of amides is 1. The molecule has 1 amide bonds. The second kappa shape index (κ2) is 20.1. The molecule has 6 rings (SSSR count). The molecule has 0 radical (unpaired) electrons. The largest absolute Gasteiger partial charge is 0.459 e. The Morgan fingerprint density at radius 1 is 1.05 bits per heavy atom. The zero-order chi connectivity index (χ0) is 41.3. The third kappa shape index (κ3) is 10.2. The number of fused-ring (bicyclic) bond motifs is 2. The lowest BCUT2D eigenvalue weighted by Gasteiger charge is -2.59. The van der Waals surface area contributed by atoms with E-state index in [9.17, 15) is 15.0 Å². The second-order valence-electron chi connectivity index (χ2n) is 17.2. The molecule has 1 saturated heterocycles. The Morgan fingerprint density at radius 2 is 1.79 bits per heavy atom. The van der Waals surface area contributed by atoms with Crippen molar-refractivity contribution >= 4 is 23.6 Å². The summed E-state index contributed by atoms with van der Waals surface area (Å²) in [4.78, 5) is 23.1. The van der Waals surface area contributed by atoms with Gasteiger partial charge in [-0.25, -0.2) is 4.79 Å². The van der Waals surface area contributed by atoms with Gasteiger partial charge in [0.05, 0.1) is 31.5 Å². The predicted octanol–water partition coefficient (Wildman–Crippen LogP) is 9.48. The zero-order valence-corrected chi connectivity index (χ0v) is 35.8. The van der Waals surface area contributed by atoms with Gasteiger partial charge in [-0.15, -0.1) is 18.3 Å². The number of rotatable bonds is 18. The summed E-state index contributed by atoms with van der Waals surface area (Å²) >= 11 is 1.68. The van der Waals surface area contributed by atoms with Crippen LogP contribution in [0, 0.1) is 23.2 Å². The Labute approximate surface area is 349 Å². The number of thioether (sulfide) groups is 1. The van der Waals surface area contributed by atoms with E-state index in [2.05, 4.69) is 18.7 Å². The number of benzene rings is 2. The number of carbonyl (C=O) groups excluding carboxylic acids is 1. The fourth-order valence-corrected chi connectivity index (χ4v) is 9.40. The van der Waals surface area contributed by atoms with Gasteiger partial charge in [0.1, 0.15) is 23.3 Å². The van der Waals surface area contributed by atoms with E-state index in [1.807, 2.05) is 63.4 Å². The third-order valence-electron chi connectivity index (χ3n) is 11.7. The molecule has 12 heteroatoms. The van der Waals surface area contributed by atoms with Crippen molar-refractivity contribution < 1.29 is 43.5 Å². The highest BCUT2D eigenvalue weighted by Crippen LogP contribution is 2.62. The van der Waals surface area contributed by atoms with E-state index < -0.39 is 30.1 Å². The number of aliphatic hydroxyl groups is 2. The molecule has 58 heavy (non-hydrogen) atoms. The average Bonchev–Trinajstić information content (AvgIpc) is 3.22. The molecule has 7 atom stereocenters. The molecule has 1 unspecified atom stereocenters. The molecule has 318 valence electrons. The minimum Gasteiger partial charge on any atom is -0.459 e. The van der Waals surface area contributed by atoms with Gasteiger partial charge in [-0.3, -0.25) is 0 Å². The topological polar surface area (TPSA) is 129 Å². The molecule has 11 nitrogen and oxygen atoms in total. The van der Waals surface area contributed by atoms with Crippen molar-refractivity contribution in [2.24, 2.45) is 28.3 Å². The lowest BCUT2D eigenvalue weighted by Crippen LogP contribution is -2.69. The van der Waals surface area contributed by atoms with Gasteiger partial charge in [0, 0.05) is 49.5 Å². The van der Waals surface area contributed by atoms with Crippen molar-refractivity contribution in [1.82, 2.24) is 4.90 Å². The molecule has 2 heterocycles. The molecular formula is C46H64N2O9S. The van der Waals surface area contributed by atoms with Crippen LogP contribution in [0.2, 0.25) is 0 Å². The first-order valence-electron chi connectivity index (χ1n) is 21.1. The van der Waals surface area contributed by atoms with E-state index in [0.29, 0.717) is 30.9 Å². The highest BCUT2D eigenvalue weighted by Gasteiger charge is 2.65. The number of hydrogen-bond acceptors (Lipinski definition) is 11. The van der Waals surface area contributed by atoms with E-state index in [0.717, 1.165) is 72.4 Å². The molecule has 1 saturated carbocycles. The second-order valence-corrected chi connectivity index (χ2v) is 18.1. The van der Waals surface area contributed by atoms with E-state index in [4.69, 9.17) is 33.7 Å². The first kappa shape index (κ1) is 44.0. The van der Waals surface area contributed by atoms with E-state index in [1.54, 1.807) is 29.8 Å². The Morgan fingerprint density at radius 3 is 2.47 bits per heavy atom. The molecule has 2 aromatic rings. The van der Waals surface area contributed by atoms with Crippen LogP contribution in [0.1, 0.15) is 96.5 Å². The molecule has 4 aliphatic rings. The van der Waals surface area contributed by atoms with Crippen LogP contribution in [-0.2, 0) is 19.0 Å². The summed E-state index contributed by atoms with van der Waals surface area (Å²) in [5.41, 5.74) is 2.43. The molecule has 2 fully saturated rings. The van der Waals surface area contributed by atoms with Gasteiger partial charge in [-0.1, -0.05) is 50.9 Å². The van der Waals surface area contributed by atoms with Crippen molar-refractivity contribution in [3.8, 4) is 17.2 Å². The van der Waals surface area contributed by atoms with Gasteiger partial charge in [-0.05, 0) is 110 Å². The maximum absolute atomic E-state index is 14.1. The van der Waals surface area contributed by atoms with Crippen molar-refractivity contribution in [1.29, 1.82) is 0 Å². The zero-order valence-electron chi connectivity index (χ0n) is 35.0. The normalized spacial score (nSPS) is 27.1. The van der Waals surface area contributed by atoms with Crippen LogP contribution in [0.3, 0.4) is 0 Å². The summed E-state index contributed by atoms with van der Waals surface area (Å²) in [6, 6.07) is 13.4. The summed E-state index contributed by atoms with van der Waals surface area (Å²) < 4.78 is 32.7. The van der Waals surface area contributed by atoms with E-state index in [-0.39, 0.29) is 56.0 Å². The lowest BCUT2D eigenvalue weighted by molar-refractivity contribution is -0.254. The van der Waals surface area contributed by atoms with Gasteiger partial charge >= 0.3 is 6.09 Å². The highest BCUT2D eigenvalue weighted by atomic mass is 32.2. The standard InChI is InChI=1S/C46H64N2O9S/c1-7-25-54-46-40(48(5)44(51)53-30-45(2,3)4)29-38(47-57-41-16-10-13-26-52-41)36-27-31(14-8-11-23-49)35(15-9-12-24-50)42(43(36)46)37-28-33(19-22-39(37)56-46)55-32-17-20-34(58-6)21-18-32/h7,17-22,27-28,31,35,40-43,49-50H,1,8-16,23-26,29-30H2,2-6H3/t31-,35+,40-,41?,42+,43+,46+/m0/s1. The molecular weight excluding hydrogens is 757 g/mol. The smallest absolute Gasteiger partial charge is 0.410 e. The monoisotopic (exact) mass is 820 g/mol. The number of unbranched alkanes of at least 4 members (excludes halogenated alkanes) is 2. The first-order chi connectivity index (χ1) is 28.0. The first-order valence-corrected chi connectivity index (χ1v) is 22.3. The van der Waals surface area contributed by atoms with E-state index in [1.165, 1.54) is 0 Å². The number of carbonyl (C=O) groups is 1. The number of likely N-dealkylation sites (N-methyl/N-ethyl adjacent to an activating group) is 1. The third-order valence-corrected chi connectivity index (χ3v) is 12.5. The molecule has 2 aromatic carbocycles. The summed E-state index contributed by atoms with van der Waals surface area (Å²) in [7, 11) is 1.75. The predicted molar refractivity (Wildman–Crippen MR) is 226 cm³/mol. The number of ether oxygens (including phenoxy) is 5. The molecule has 0 bridgehead atoms. The summed E-state index contributed by atoms with van der Waals surface area (Å²) in [6.07, 6.45) is 12.9. The van der Waals surface area contributed by atoms with Crippen LogP contribution >= 0.6 is 11.8 Å². The number of allylic oxidation sites excluding steroid dienone is 1. The fourth-order valence-electron chi connectivity index (χ4n) is 9.00. The number of hydrogen-bond donors (Lipinski definition) is 2. The van der Waals surface area contributed by atoms with Crippen LogP contribution in [0.4, 0.5) is 4.79 Å². The maximum atomic E-state index is 14.1. The summed E-state index contributed by atoms with van der Waals surface area (Å²) in [6.45, 7) is 11.4. The van der Waals surface area contributed by atoms with Crippen LogP contribution in [0.15, 0.2) is 76.8 Å². The van der Waals surface area contributed by atoms with Crippen molar-refractivity contribution in [3.05, 3.63) is 72.3 Å². The molecule has 2 N–H and O–H groups in total. The van der Waals surface area contributed by atoms with Crippen LogP contribution in [0.25, 0.3) is 0 Å². The van der Waals surface area contributed by atoms with Crippen LogP contribution < -0.4 is 9.47 Å². The summed E-state index contributed by atoms with van der Waals surface area (Å²) in [5.74, 6) is 0.292. The summed E-state index contributed by atoms with van der Waals surface area (Å²) in [5, 5.41) is 24.7. The minimum absolute atomic E-state index is 0.0882. The Kier molecular flexibility index (Phi) is 15.3. The average molecular weight is 821 g/mol. The lowest BCUT2D eigenvalue weighted by atomic mass is 9.55. The SMILES string of the molecule is C=CCO[C@@]12Oc3ccc(Oc4ccc(SC)cc4)cc3[C@H]3[C@H](CCCCO)[C@@H](CCCCO)C=C(C(=NOC4CCCCO4)C[C@@H]1N(C)C(=O)OCC(C)(C)C)[C@H]32. The fraction of sp³-hybridized carbons (Fsp3) is 0.609. The van der Waals surface area contributed by atoms with E-state index >= 15 is 0 Å². The van der Waals surface area contributed by atoms with Gasteiger partial charge < -0.3 is 43.6 Å². The molecule has 2 aliphatic heterocycles. The number of nitrogens with zero attached hydrogens (tertiary/aromatic N) is 2. The Hall–Kier alpha value is -3.55. The number of aliphatic hydroxyl groups excluding tert-OH is 2. The quantitative estimate of drug-likeness (QED) is 0.0650. The Bertz CT molecular complexity index is 1740. The highest BCUT2D eigenvalue weighted by molar-refractivity contribution is 7.98. The van der Waals surface area contributed by atoms with Gasteiger partial charge in [0.15, 0.2) is 0 Å². The minimum atomic E-state index is -1.37. The Balaban J connectivity index is 1.54. The van der Waals surface area contributed by atoms with Crippen molar-refractivity contribution in [3.63, 3.8) is 0 Å².